The number of carbonyl (C=O) groups is 1. The van der Waals surface area contributed by atoms with Crippen LogP contribution >= 0.6 is 0 Å². The van der Waals surface area contributed by atoms with Crippen molar-refractivity contribution in [3.05, 3.63) is 0 Å². The Kier molecular flexibility index (Phi) is 2.35. The molecule has 2 nitrogen and oxygen atoms in total. The number of amides is 1. The molecule has 0 aromatic heterocycles. The standard InChI is InChI=1S/C8H13F2NO/c1-8(2)3-5(8)7(12)11-4-6(9)10/h5-6H,3-4H2,1-2H3,(H,11,12)/t5-/m1/s1. The normalized spacial score (nSPS) is 25.6. The van der Waals surface area contributed by atoms with Crippen molar-refractivity contribution in [2.45, 2.75) is 26.7 Å². The van der Waals surface area contributed by atoms with Crippen LogP contribution in [0.5, 0.6) is 0 Å². The van der Waals surface area contributed by atoms with Gasteiger partial charge >= 0.3 is 0 Å². The molecule has 12 heavy (non-hydrogen) atoms. The number of carbonyl (C=O) groups excluding carboxylic acids is 1. The maximum absolute atomic E-state index is 11.7. The molecule has 70 valence electrons. The Balaban J connectivity index is 2.23. The number of halogens is 2. The summed E-state index contributed by atoms with van der Waals surface area (Å²) in [6.07, 6.45) is -1.64. The van der Waals surface area contributed by atoms with Crippen LogP contribution in [0.15, 0.2) is 0 Å². The fourth-order valence-corrected chi connectivity index (χ4v) is 1.22. The van der Waals surface area contributed by atoms with Crippen LogP contribution in [0.25, 0.3) is 0 Å². The lowest BCUT2D eigenvalue weighted by Crippen LogP contribution is -2.30. The van der Waals surface area contributed by atoms with Gasteiger partial charge in [0.2, 0.25) is 5.91 Å². The molecule has 1 rings (SSSR count). The number of alkyl halides is 2. The molecule has 0 saturated heterocycles. The summed E-state index contributed by atoms with van der Waals surface area (Å²) in [5, 5.41) is 2.21. The van der Waals surface area contributed by atoms with Crippen LogP contribution in [0, 0.1) is 11.3 Å². The summed E-state index contributed by atoms with van der Waals surface area (Å²) in [7, 11) is 0. The summed E-state index contributed by atoms with van der Waals surface area (Å²) in [4.78, 5) is 11.1. The number of hydrogen-bond donors (Lipinski definition) is 1. The van der Waals surface area contributed by atoms with Crippen LogP contribution in [0.1, 0.15) is 20.3 Å². The summed E-state index contributed by atoms with van der Waals surface area (Å²) in [6.45, 7) is 3.39. The molecule has 0 heterocycles. The highest BCUT2D eigenvalue weighted by Crippen LogP contribution is 2.51. The monoisotopic (exact) mass is 177 g/mol. The van der Waals surface area contributed by atoms with Gasteiger partial charge in [0.15, 0.2) is 0 Å². The van der Waals surface area contributed by atoms with Crippen molar-refractivity contribution in [3.63, 3.8) is 0 Å². The van der Waals surface area contributed by atoms with E-state index in [1.165, 1.54) is 0 Å². The molecule has 1 aliphatic rings. The number of hydrogen-bond acceptors (Lipinski definition) is 1. The first-order chi connectivity index (χ1) is 5.43. The van der Waals surface area contributed by atoms with Crippen molar-refractivity contribution in [2.75, 3.05) is 6.54 Å². The van der Waals surface area contributed by atoms with E-state index in [1.54, 1.807) is 0 Å². The summed E-state index contributed by atoms with van der Waals surface area (Å²) in [6, 6.07) is 0. The first-order valence-corrected chi connectivity index (χ1v) is 3.99. The van der Waals surface area contributed by atoms with Gasteiger partial charge in [-0.2, -0.15) is 0 Å². The largest absolute Gasteiger partial charge is 0.350 e. The molecule has 0 unspecified atom stereocenters. The quantitative estimate of drug-likeness (QED) is 0.693. The molecule has 1 aliphatic carbocycles. The van der Waals surface area contributed by atoms with E-state index in [0.29, 0.717) is 0 Å². The third kappa shape index (κ3) is 2.16. The van der Waals surface area contributed by atoms with Gasteiger partial charge in [0.1, 0.15) is 0 Å². The van der Waals surface area contributed by atoms with Crippen LogP contribution in [0.2, 0.25) is 0 Å². The van der Waals surface area contributed by atoms with Crippen LogP contribution in [-0.2, 0) is 4.79 Å². The second kappa shape index (κ2) is 2.99. The average Bonchev–Trinajstić information content (AvgIpc) is 2.55. The Hall–Kier alpha value is -0.670. The molecule has 0 aromatic carbocycles. The molecule has 1 amide bonds. The molecule has 0 spiro atoms. The summed E-state index contributed by atoms with van der Waals surface area (Å²) in [5.74, 6) is -0.295. The molecule has 4 heteroatoms. The van der Waals surface area contributed by atoms with Gasteiger partial charge in [0, 0.05) is 5.92 Å². The van der Waals surface area contributed by atoms with Gasteiger partial charge in [-0.25, -0.2) is 8.78 Å². The van der Waals surface area contributed by atoms with Gasteiger partial charge in [-0.1, -0.05) is 13.8 Å². The van der Waals surface area contributed by atoms with Crippen LogP contribution in [0.4, 0.5) is 8.78 Å². The van der Waals surface area contributed by atoms with Gasteiger partial charge in [0.25, 0.3) is 6.43 Å². The van der Waals surface area contributed by atoms with Crippen molar-refractivity contribution in [3.8, 4) is 0 Å². The highest BCUT2D eigenvalue weighted by atomic mass is 19.3. The highest BCUT2D eigenvalue weighted by molar-refractivity contribution is 5.82. The summed E-state index contributed by atoms with van der Waals surface area (Å²) < 4.78 is 23.3. The fourth-order valence-electron chi connectivity index (χ4n) is 1.22. The Morgan fingerprint density at radius 2 is 2.17 bits per heavy atom. The summed E-state index contributed by atoms with van der Waals surface area (Å²) in [5.41, 5.74) is 0.0200. The smallest absolute Gasteiger partial charge is 0.255 e. The molecule has 0 bridgehead atoms. The molecular weight excluding hydrogens is 164 g/mol. The van der Waals surface area contributed by atoms with E-state index in [9.17, 15) is 13.6 Å². The lowest BCUT2D eigenvalue weighted by atomic mass is 10.1. The van der Waals surface area contributed by atoms with Gasteiger partial charge in [-0.3, -0.25) is 4.79 Å². The Morgan fingerprint density at radius 3 is 2.50 bits per heavy atom. The molecule has 1 N–H and O–H groups in total. The minimum absolute atomic E-state index is 0.0200. The predicted molar refractivity (Wildman–Crippen MR) is 40.9 cm³/mol. The first-order valence-electron chi connectivity index (χ1n) is 3.99. The van der Waals surface area contributed by atoms with E-state index < -0.39 is 13.0 Å². The molecule has 1 fully saturated rings. The molecular formula is C8H13F2NO. The lowest BCUT2D eigenvalue weighted by molar-refractivity contribution is -0.123. The third-order valence-electron chi connectivity index (χ3n) is 2.26. The lowest BCUT2D eigenvalue weighted by Gasteiger charge is -2.04. The maximum atomic E-state index is 11.7. The highest BCUT2D eigenvalue weighted by Gasteiger charge is 2.50. The maximum Gasteiger partial charge on any atom is 0.255 e. The zero-order chi connectivity index (χ0) is 9.35. The molecule has 1 saturated carbocycles. The fraction of sp³-hybridized carbons (Fsp3) is 0.875. The molecule has 0 aliphatic heterocycles. The minimum atomic E-state index is -2.45. The van der Waals surface area contributed by atoms with Gasteiger partial charge in [-0.15, -0.1) is 0 Å². The van der Waals surface area contributed by atoms with E-state index >= 15 is 0 Å². The Labute approximate surface area is 70.3 Å². The second-order valence-electron chi connectivity index (χ2n) is 3.88. The topological polar surface area (TPSA) is 29.1 Å². The second-order valence-corrected chi connectivity index (χ2v) is 3.88. The Bertz CT molecular complexity index is 191. The van der Waals surface area contributed by atoms with Gasteiger partial charge in [0.05, 0.1) is 6.54 Å². The zero-order valence-corrected chi connectivity index (χ0v) is 7.23. The number of rotatable bonds is 3. The molecule has 0 radical (unpaired) electrons. The van der Waals surface area contributed by atoms with Gasteiger partial charge < -0.3 is 5.32 Å². The van der Waals surface area contributed by atoms with E-state index in [-0.39, 0.29) is 17.2 Å². The van der Waals surface area contributed by atoms with Crippen LogP contribution in [-0.4, -0.2) is 18.9 Å². The first kappa shape index (κ1) is 9.42. The van der Waals surface area contributed by atoms with E-state index in [1.807, 2.05) is 13.8 Å². The van der Waals surface area contributed by atoms with Crippen molar-refractivity contribution in [1.82, 2.24) is 5.32 Å². The molecule has 0 aromatic rings. The minimum Gasteiger partial charge on any atom is -0.350 e. The van der Waals surface area contributed by atoms with E-state index in [4.69, 9.17) is 0 Å². The van der Waals surface area contributed by atoms with Crippen molar-refractivity contribution < 1.29 is 13.6 Å². The SMILES string of the molecule is CC1(C)C[C@@H]1C(=O)NCC(F)F. The zero-order valence-electron chi connectivity index (χ0n) is 7.23. The van der Waals surface area contributed by atoms with Crippen molar-refractivity contribution >= 4 is 5.91 Å². The summed E-state index contributed by atoms with van der Waals surface area (Å²) >= 11 is 0. The van der Waals surface area contributed by atoms with Crippen molar-refractivity contribution in [2.24, 2.45) is 11.3 Å². The van der Waals surface area contributed by atoms with E-state index in [2.05, 4.69) is 5.32 Å². The van der Waals surface area contributed by atoms with E-state index in [0.717, 1.165) is 6.42 Å². The van der Waals surface area contributed by atoms with Crippen molar-refractivity contribution in [1.29, 1.82) is 0 Å². The van der Waals surface area contributed by atoms with Crippen LogP contribution in [0.3, 0.4) is 0 Å². The van der Waals surface area contributed by atoms with Gasteiger partial charge in [-0.05, 0) is 11.8 Å². The predicted octanol–water partition coefficient (Wildman–Crippen LogP) is 1.41. The third-order valence-corrected chi connectivity index (χ3v) is 2.26. The van der Waals surface area contributed by atoms with Crippen LogP contribution < -0.4 is 5.32 Å². The molecule has 1 atom stereocenters. The Morgan fingerprint density at radius 1 is 1.67 bits per heavy atom. The average molecular weight is 177 g/mol. The number of nitrogens with one attached hydrogen (secondary N) is 1.